The fourth-order valence-corrected chi connectivity index (χ4v) is 3.73. The van der Waals surface area contributed by atoms with Gasteiger partial charge in [0.2, 0.25) is 0 Å². The number of nitrogens with one attached hydrogen (secondary N) is 1. The third kappa shape index (κ3) is 2.39. The molecule has 1 aromatic rings. The lowest BCUT2D eigenvalue weighted by atomic mass is 9.93. The van der Waals surface area contributed by atoms with Gasteiger partial charge in [-0.05, 0) is 32.6 Å². The summed E-state index contributed by atoms with van der Waals surface area (Å²) in [5.41, 5.74) is 3.53. The van der Waals surface area contributed by atoms with Crippen LogP contribution in [0.5, 0.6) is 0 Å². The van der Waals surface area contributed by atoms with Crippen molar-refractivity contribution in [3.05, 3.63) is 16.1 Å². The van der Waals surface area contributed by atoms with E-state index in [1.807, 2.05) is 5.51 Å². The van der Waals surface area contributed by atoms with Crippen molar-refractivity contribution in [1.82, 2.24) is 15.2 Å². The molecular weight excluding hydrogens is 230 g/mol. The number of hydrogen-bond acceptors (Lipinski definition) is 4. The summed E-state index contributed by atoms with van der Waals surface area (Å²) < 4.78 is 0. The van der Waals surface area contributed by atoms with Crippen LogP contribution in [0.25, 0.3) is 0 Å². The van der Waals surface area contributed by atoms with Gasteiger partial charge in [-0.15, -0.1) is 11.3 Å². The molecule has 1 aromatic heterocycles. The third-order valence-corrected chi connectivity index (χ3v) is 5.12. The van der Waals surface area contributed by atoms with Gasteiger partial charge in [-0.25, -0.2) is 4.98 Å². The molecule has 1 unspecified atom stereocenters. The van der Waals surface area contributed by atoms with Gasteiger partial charge < -0.3 is 5.32 Å². The first-order valence-corrected chi connectivity index (χ1v) is 7.42. The predicted molar refractivity (Wildman–Crippen MR) is 71.3 cm³/mol. The van der Waals surface area contributed by atoms with Crippen LogP contribution >= 0.6 is 11.3 Å². The van der Waals surface area contributed by atoms with Crippen molar-refractivity contribution in [3.8, 4) is 0 Å². The SMILES string of the molecule is Cc1ncsc1CN1CCNC(C)(C2CC2)C1. The second kappa shape index (κ2) is 4.34. The quantitative estimate of drug-likeness (QED) is 0.891. The summed E-state index contributed by atoms with van der Waals surface area (Å²) in [5, 5.41) is 3.73. The number of nitrogens with zero attached hydrogens (tertiary/aromatic N) is 2. The zero-order chi connectivity index (χ0) is 11.9. The van der Waals surface area contributed by atoms with Crippen LogP contribution < -0.4 is 5.32 Å². The van der Waals surface area contributed by atoms with E-state index < -0.39 is 0 Å². The number of thiazole rings is 1. The Hall–Kier alpha value is -0.450. The molecule has 2 aliphatic rings. The minimum Gasteiger partial charge on any atom is -0.309 e. The summed E-state index contributed by atoms with van der Waals surface area (Å²) in [7, 11) is 0. The molecule has 1 saturated carbocycles. The van der Waals surface area contributed by atoms with Crippen LogP contribution in [0.3, 0.4) is 0 Å². The monoisotopic (exact) mass is 251 g/mol. The highest BCUT2D eigenvalue weighted by Crippen LogP contribution is 2.40. The maximum Gasteiger partial charge on any atom is 0.0798 e. The fraction of sp³-hybridized carbons (Fsp3) is 0.769. The molecule has 2 fully saturated rings. The molecule has 94 valence electrons. The molecule has 4 heteroatoms. The lowest BCUT2D eigenvalue weighted by Crippen LogP contribution is -2.59. The standard InChI is InChI=1S/C13H21N3S/c1-10-12(17-9-14-10)7-16-6-5-15-13(2,8-16)11-3-4-11/h9,11,15H,3-8H2,1-2H3. The molecule has 1 N–H and O–H groups in total. The van der Waals surface area contributed by atoms with Crippen LogP contribution in [0.2, 0.25) is 0 Å². The molecule has 3 rings (SSSR count). The van der Waals surface area contributed by atoms with Crippen molar-refractivity contribution >= 4 is 11.3 Å². The van der Waals surface area contributed by atoms with Gasteiger partial charge in [0.15, 0.2) is 0 Å². The molecule has 2 heterocycles. The molecule has 17 heavy (non-hydrogen) atoms. The molecule has 0 radical (unpaired) electrons. The lowest BCUT2D eigenvalue weighted by Gasteiger charge is -2.42. The zero-order valence-corrected chi connectivity index (χ0v) is 11.5. The summed E-state index contributed by atoms with van der Waals surface area (Å²) in [6, 6.07) is 0. The summed E-state index contributed by atoms with van der Waals surface area (Å²) >= 11 is 1.79. The highest BCUT2D eigenvalue weighted by Gasteiger charge is 2.43. The lowest BCUT2D eigenvalue weighted by molar-refractivity contribution is 0.122. The van der Waals surface area contributed by atoms with Crippen molar-refractivity contribution in [1.29, 1.82) is 0 Å². The van der Waals surface area contributed by atoms with E-state index >= 15 is 0 Å². The Labute approximate surface area is 107 Å². The van der Waals surface area contributed by atoms with E-state index in [-0.39, 0.29) is 0 Å². The van der Waals surface area contributed by atoms with Crippen LogP contribution in [-0.4, -0.2) is 35.1 Å². The summed E-state index contributed by atoms with van der Waals surface area (Å²) in [5.74, 6) is 0.910. The Morgan fingerprint density at radius 1 is 1.59 bits per heavy atom. The van der Waals surface area contributed by atoms with E-state index in [0.29, 0.717) is 5.54 Å². The first kappa shape index (κ1) is 11.6. The second-order valence-corrected chi connectivity index (χ2v) is 6.63. The molecule has 3 nitrogen and oxygen atoms in total. The summed E-state index contributed by atoms with van der Waals surface area (Å²) in [6.07, 6.45) is 2.83. The fourth-order valence-electron chi connectivity index (χ4n) is 2.91. The van der Waals surface area contributed by atoms with Gasteiger partial charge in [-0.3, -0.25) is 4.90 Å². The Bertz CT molecular complexity index is 399. The van der Waals surface area contributed by atoms with E-state index in [1.54, 1.807) is 11.3 Å². The number of aryl methyl sites for hydroxylation is 1. The van der Waals surface area contributed by atoms with Crippen LogP contribution in [0.15, 0.2) is 5.51 Å². The predicted octanol–water partition coefficient (Wildman–Crippen LogP) is 2.03. The highest BCUT2D eigenvalue weighted by atomic mass is 32.1. The zero-order valence-electron chi connectivity index (χ0n) is 10.7. The van der Waals surface area contributed by atoms with E-state index in [9.17, 15) is 0 Å². The second-order valence-electron chi connectivity index (χ2n) is 5.69. The largest absolute Gasteiger partial charge is 0.309 e. The van der Waals surface area contributed by atoms with Gasteiger partial charge in [0.05, 0.1) is 11.2 Å². The van der Waals surface area contributed by atoms with Gasteiger partial charge in [0.1, 0.15) is 0 Å². The minimum atomic E-state index is 0.358. The van der Waals surface area contributed by atoms with Gasteiger partial charge in [-0.2, -0.15) is 0 Å². The van der Waals surface area contributed by atoms with Crippen molar-refractivity contribution in [3.63, 3.8) is 0 Å². The average Bonchev–Trinajstić information content (AvgIpc) is 3.07. The summed E-state index contributed by atoms with van der Waals surface area (Å²) in [6.45, 7) is 9.09. The van der Waals surface area contributed by atoms with Gasteiger partial charge >= 0.3 is 0 Å². The molecule has 0 bridgehead atoms. The molecular formula is C13H21N3S. The third-order valence-electron chi connectivity index (χ3n) is 4.20. The molecule has 1 atom stereocenters. The molecule has 0 aromatic carbocycles. The smallest absolute Gasteiger partial charge is 0.0798 e. The van der Waals surface area contributed by atoms with Crippen molar-refractivity contribution in [2.75, 3.05) is 19.6 Å². The van der Waals surface area contributed by atoms with Crippen LogP contribution in [0.4, 0.5) is 0 Å². The highest BCUT2D eigenvalue weighted by molar-refractivity contribution is 7.09. The van der Waals surface area contributed by atoms with Gasteiger partial charge in [-0.1, -0.05) is 0 Å². The number of hydrogen-bond donors (Lipinski definition) is 1. The molecule has 0 spiro atoms. The average molecular weight is 251 g/mol. The molecule has 1 saturated heterocycles. The molecule has 1 aliphatic heterocycles. The number of piperazine rings is 1. The van der Waals surface area contributed by atoms with Crippen molar-refractivity contribution in [2.24, 2.45) is 5.92 Å². The van der Waals surface area contributed by atoms with Crippen molar-refractivity contribution < 1.29 is 0 Å². The van der Waals surface area contributed by atoms with E-state index in [2.05, 4.69) is 29.0 Å². The Balaban J connectivity index is 1.66. The van der Waals surface area contributed by atoms with E-state index in [4.69, 9.17) is 0 Å². The van der Waals surface area contributed by atoms with E-state index in [0.717, 1.165) is 19.0 Å². The first-order valence-electron chi connectivity index (χ1n) is 6.54. The van der Waals surface area contributed by atoms with Crippen LogP contribution in [0, 0.1) is 12.8 Å². The Morgan fingerprint density at radius 3 is 3.06 bits per heavy atom. The Kier molecular flexibility index (Phi) is 2.97. The molecule has 0 amide bonds. The van der Waals surface area contributed by atoms with Gasteiger partial charge in [0.25, 0.3) is 0 Å². The molecule has 1 aliphatic carbocycles. The first-order chi connectivity index (χ1) is 8.17. The minimum absolute atomic E-state index is 0.358. The van der Waals surface area contributed by atoms with Crippen molar-refractivity contribution in [2.45, 2.75) is 38.8 Å². The maximum absolute atomic E-state index is 4.34. The Morgan fingerprint density at radius 2 is 2.41 bits per heavy atom. The number of aromatic nitrogens is 1. The van der Waals surface area contributed by atoms with Crippen LogP contribution in [0.1, 0.15) is 30.3 Å². The number of rotatable bonds is 3. The van der Waals surface area contributed by atoms with E-state index in [1.165, 1.54) is 36.5 Å². The topological polar surface area (TPSA) is 28.2 Å². The maximum atomic E-state index is 4.34. The normalized spacial score (nSPS) is 30.7. The summed E-state index contributed by atoms with van der Waals surface area (Å²) in [4.78, 5) is 8.37. The van der Waals surface area contributed by atoms with Crippen LogP contribution in [-0.2, 0) is 6.54 Å². The van der Waals surface area contributed by atoms with Gasteiger partial charge in [0, 0.05) is 36.6 Å².